The Balaban J connectivity index is 1.84. The molecule has 0 aliphatic heterocycles. The average Bonchev–Trinajstić information content (AvgIpc) is 2.79. The highest BCUT2D eigenvalue weighted by Crippen LogP contribution is 2.48. The minimum absolute atomic E-state index is 0.0852. The molecule has 8 heteroatoms. The Morgan fingerprint density at radius 2 is 0.914 bits per heavy atom. The van der Waals surface area contributed by atoms with Gasteiger partial charge in [0.25, 0.3) is 0 Å². The maximum atomic E-state index is 10.3. The number of para-hydroxylation sites is 2. The standard InChI is InChI=1S/C27H20Br4O4/c1-27(2,17-11-9-15(32)13-23(17)34-25-19(28)5-3-6-20(25)29)18-12-10-16(33)14-24(18)35-26-21(30)7-4-8-22(26)31/h3-14,32-33H,1-2H3. The minimum Gasteiger partial charge on any atom is -0.508 e. The van der Waals surface area contributed by atoms with Crippen LogP contribution in [0.4, 0.5) is 0 Å². The third-order valence-corrected chi connectivity index (χ3v) is 8.04. The van der Waals surface area contributed by atoms with Crippen LogP contribution in [0, 0.1) is 0 Å². The van der Waals surface area contributed by atoms with E-state index in [1.165, 1.54) is 0 Å². The highest BCUT2D eigenvalue weighted by atomic mass is 79.9. The predicted octanol–water partition coefficient (Wildman–Crippen LogP) is 10.1. The molecule has 4 aromatic carbocycles. The highest BCUT2D eigenvalue weighted by Gasteiger charge is 2.31. The second kappa shape index (κ2) is 10.5. The van der Waals surface area contributed by atoms with Gasteiger partial charge in [0.05, 0.1) is 17.9 Å². The minimum atomic E-state index is -0.645. The van der Waals surface area contributed by atoms with Crippen LogP contribution in [0.1, 0.15) is 25.0 Å². The molecule has 35 heavy (non-hydrogen) atoms. The molecule has 0 bridgehead atoms. The van der Waals surface area contributed by atoms with E-state index in [2.05, 4.69) is 63.7 Å². The number of aromatic hydroxyl groups is 2. The van der Waals surface area contributed by atoms with E-state index >= 15 is 0 Å². The van der Waals surface area contributed by atoms with E-state index in [4.69, 9.17) is 9.47 Å². The van der Waals surface area contributed by atoms with Crippen LogP contribution in [0.5, 0.6) is 34.5 Å². The lowest BCUT2D eigenvalue weighted by Crippen LogP contribution is -2.20. The van der Waals surface area contributed by atoms with Gasteiger partial charge in [-0.3, -0.25) is 0 Å². The molecule has 2 N–H and O–H groups in total. The van der Waals surface area contributed by atoms with E-state index in [-0.39, 0.29) is 11.5 Å². The monoisotopic (exact) mass is 724 g/mol. The summed E-state index contributed by atoms with van der Waals surface area (Å²) in [5.74, 6) is 2.33. The van der Waals surface area contributed by atoms with Gasteiger partial charge in [-0.2, -0.15) is 0 Å². The molecule has 0 saturated heterocycles. The maximum absolute atomic E-state index is 10.3. The van der Waals surface area contributed by atoms with Crippen LogP contribution in [-0.2, 0) is 5.41 Å². The molecule has 180 valence electrons. The summed E-state index contributed by atoms with van der Waals surface area (Å²) in [6.07, 6.45) is 0. The van der Waals surface area contributed by atoms with Crippen LogP contribution in [0.15, 0.2) is 90.7 Å². The summed E-state index contributed by atoms with van der Waals surface area (Å²) in [4.78, 5) is 0. The number of halogens is 4. The number of benzene rings is 4. The number of hydrogen-bond acceptors (Lipinski definition) is 4. The van der Waals surface area contributed by atoms with Crippen molar-refractivity contribution in [2.24, 2.45) is 0 Å². The molecule has 4 nitrogen and oxygen atoms in total. The molecule has 0 aliphatic rings. The summed E-state index contributed by atoms with van der Waals surface area (Å²) in [5, 5.41) is 20.5. The molecule has 0 unspecified atom stereocenters. The summed E-state index contributed by atoms with van der Waals surface area (Å²) in [7, 11) is 0. The van der Waals surface area contributed by atoms with Gasteiger partial charge in [-0.1, -0.05) is 38.1 Å². The van der Waals surface area contributed by atoms with Gasteiger partial charge in [0, 0.05) is 28.7 Å². The van der Waals surface area contributed by atoms with E-state index in [9.17, 15) is 10.2 Å². The Hall–Kier alpha value is -2.00. The first-order valence-electron chi connectivity index (χ1n) is 10.5. The van der Waals surface area contributed by atoms with E-state index in [1.54, 1.807) is 24.3 Å². The van der Waals surface area contributed by atoms with Crippen LogP contribution < -0.4 is 9.47 Å². The summed E-state index contributed by atoms with van der Waals surface area (Å²) in [6.45, 7) is 4.07. The van der Waals surface area contributed by atoms with Crippen molar-refractivity contribution in [3.8, 4) is 34.5 Å². The lowest BCUT2D eigenvalue weighted by Gasteiger charge is -2.30. The largest absolute Gasteiger partial charge is 0.508 e. The van der Waals surface area contributed by atoms with Crippen LogP contribution >= 0.6 is 63.7 Å². The van der Waals surface area contributed by atoms with Crippen LogP contribution in [-0.4, -0.2) is 10.2 Å². The Bertz CT molecular complexity index is 1260. The first-order chi connectivity index (χ1) is 16.6. The second-order valence-electron chi connectivity index (χ2n) is 8.29. The molecule has 0 fully saturated rings. The third kappa shape index (κ3) is 5.56. The zero-order valence-electron chi connectivity index (χ0n) is 18.7. The summed E-state index contributed by atoms with van der Waals surface area (Å²) in [6, 6.07) is 21.4. The van der Waals surface area contributed by atoms with E-state index in [0.717, 1.165) is 29.0 Å². The van der Waals surface area contributed by atoms with E-state index in [0.29, 0.717) is 23.0 Å². The summed E-state index contributed by atoms with van der Waals surface area (Å²) < 4.78 is 15.7. The molecule has 0 amide bonds. The molecule has 0 aliphatic carbocycles. The van der Waals surface area contributed by atoms with Crippen molar-refractivity contribution in [1.82, 2.24) is 0 Å². The van der Waals surface area contributed by atoms with Crippen molar-refractivity contribution in [3.05, 3.63) is 102 Å². The highest BCUT2D eigenvalue weighted by molar-refractivity contribution is 9.11. The Morgan fingerprint density at radius 3 is 1.26 bits per heavy atom. The number of phenols is 2. The third-order valence-electron chi connectivity index (χ3n) is 5.54. The van der Waals surface area contributed by atoms with Gasteiger partial charge >= 0.3 is 0 Å². The summed E-state index contributed by atoms with van der Waals surface area (Å²) in [5.41, 5.74) is 0.993. The zero-order valence-corrected chi connectivity index (χ0v) is 25.0. The van der Waals surface area contributed by atoms with Crippen molar-refractivity contribution in [3.63, 3.8) is 0 Å². The smallest absolute Gasteiger partial charge is 0.155 e. The van der Waals surface area contributed by atoms with Gasteiger partial charge in [-0.05, 0) is 100 Å². The normalized spacial score (nSPS) is 11.4. The molecule has 0 aromatic heterocycles. The lowest BCUT2D eigenvalue weighted by atomic mass is 9.77. The molecular formula is C27H20Br4O4. The molecule has 4 rings (SSSR count). The van der Waals surface area contributed by atoms with Gasteiger partial charge in [0.1, 0.15) is 23.0 Å². The molecule has 4 aromatic rings. The predicted molar refractivity (Wildman–Crippen MR) is 152 cm³/mol. The number of hydrogen-bond donors (Lipinski definition) is 2. The average molecular weight is 728 g/mol. The van der Waals surface area contributed by atoms with Crippen LogP contribution in [0.3, 0.4) is 0 Å². The Kier molecular flexibility index (Phi) is 7.86. The molecular weight excluding hydrogens is 708 g/mol. The molecule has 0 atom stereocenters. The van der Waals surface area contributed by atoms with Crippen molar-refractivity contribution < 1.29 is 19.7 Å². The van der Waals surface area contributed by atoms with Crippen LogP contribution in [0.25, 0.3) is 0 Å². The quantitative estimate of drug-likeness (QED) is 0.208. The maximum Gasteiger partial charge on any atom is 0.155 e. The van der Waals surface area contributed by atoms with Gasteiger partial charge in [0.15, 0.2) is 11.5 Å². The van der Waals surface area contributed by atoms with Crippen molar-refractivity contribution in [2.45, 2.75) is 19.3 Å². The first-order valence-corrected chi connectivity index (χ1v) is 13.7. The lowest BCUT2D eigenvalue weighted by molar-refractivity contribution is 0.427. The topological polar surface area (TPSA) is 58.9 Å². The molecule has 0 heterocycles. The zero-order chi connectivity index (χ0) is 25.3. The van der Waals surface area contributed by atoms with Crippen molar-refractivity contribution >= 4 is 63.7 Å². The number of rotatable bonds is 6. The van der Waals surface area contributed by atoms with E-state index < -0.39 is 5.41 Å². The van der Waals surface area contributed by atoms with Crippen molar-refractivity contribution in [2.75, 3.05) is 0 Å². The van der Waals surface area contributed by atoms with Gasteiger partial charge in [0.2, 0.25) is 0 Å². The fourth-order valence-electron chi connectivity index (χ4n) is 3.75. The number of ether oxygens (including phenoxy) is 2. The molecule has 0 saturated carbocycles. The van der Waals surface area contributed by atoms with Crippen LogP contribution in [0.2, 0.25) is 0 Å². The molecule has 0 radical (unpaired) electrons. The molecule has 0 spiro atoms. The van der Waals surface area contributed by atoms with Gasteiger partial charge in [-0.25, -0.2) is 0 Å². The van der Waals surface area contributed by atoms with Crippen molar-refractivity contribution in [1.29, 1.82) is 0 Å². The Labute approximate surface area is 237 Å². The van der Waals surface area contributed by atoms with E-state index in [1.807, 2.05) is 62.4 Å². The summed E-state index contributed by atoms with van der Waals surface area (Å²) >= 11 is 14.2. The first kappa shape index (κ1) is 26.1. The SMILES string of the molecule is CC(C)(c1ccc(O)cc1Oc1c(Br)cccc1Br)c1ccc(O)cc1Oc1c(Br)cccc1Br. The Morgan fingerprint density at radius 1 is 0.571 bits per heavy atom. The number of phenolic OH excluding ortho intramolecular Hbond substituents is 2. The fraction of sp³-hybridized carbons (Fsp3) is 0.111. The fourth-order valence-corrected chi connectivity index (χ4v) is 6.07. The van der Waals surface area contributed by atoms with Gasteiger partial charge in [-0.15, -0.1) is 0 Å². The second-order valence-corrected chi connectivity index (χ2v) is 11.7. The van der Waals surface area contributed by atoms with Gasteiger partial charge < -0.3 is 19.7 Å².